The molecule has 0 radical (unpaired) electrons. The van der Waals surface area contributed by atoms with Crippen LogP contribution in [-0.4, -0.2) is 24.2 Å². The molecule has 0 aromatic carbocycles. The minimum Gasteiger partial charge on any atom is -0.478 e. The Bertz CT molecular complexity index is 549. The van der Waals surface area contributed by atoms with E-state index in [0.717, 1.165) is 13.4 Å². The largest absolute Gasteiger partial charge is 0.478 e. The molecule has 1 N–H and O–H groups in total. The van der Waals surface area contributed by atoms with Gasteiger partial charge >= 0.3 is 11.9 Å². The third-order valence-corrected chi connectivity index (χ3v) is 2.16. The van der Waals surface area contributed by atoms with E-state index in [-0.39, 0.29) is 22.6 Å². The number of furan rings is 2. The van der Waals surface area contributed by atoms with E-state index in [2.05, 4.69) is 4.74 Å². The van der Waals surface area contributed by atoms with Gasteiger partial charge in [-0.3, -0.25) is 0 Å². The van der Waals surface area contributed by atoms with Crippen molar-refractivity contribution in [3.8, 4) is 11.5 Å². The lowest BCUT2D eigenvalue weighted by Gasteiger charge is -1.99. The summed E-state index contributed by atoms with van der Waals surface area (Å²) >= 11 is 0. The first-order chi connectivity index (χ1) is 8.15. The lowest BCUT2D eigenvalue weighted by molar-refractivity contribution is 0.0584. The zero-order valence-corrected chi connectivity index (χ0v) is 8.80. The van der Waals surface area contributed by atoms with Crippen LogP contribution >= 0.6 is 0 Å². The van der Waals surface area contributed by atoms with E-state index in [1.165, 1.54) is 6.26 Å². The van der Waals surface area contributed by atoms with Gasteiger partial charge in [0.15, 0.2) is 11.5 Å². The highest BCUT2D eigenvalue weighted by molar-refractivity contribution is 6.06. The minimum absolute atomic E-state index is 0.0410. The third-order valence-electron chi connectivity index (χ3n) is 2.16. The topological polar surface area (TPSA) is 89.9 Å². The first-order valence-corrected chi connectivity index (χ1v) is 4.62. The fourth-order valence-electron chi connectivity index (χ4n) is 1.41. The molecule has 2 heterocycles. The van der Waals surface area contributed by atoms with Crippen LogP contribution < -0.4 is 0 Å². The lowest BCUT2D eigenvalue weighted by Crippen LogP contribution is -2.08. The standard InChI is InChI=1S/C11H8O6/c1-15-11(14)8-6(10(12)13)5-17-9(8)7-3-2-4-16-7/h2-5H,1H3,(H,12,13). The van der Waals surface area contributed by atoms with E-state index in [1.807, 2.05) is 0 Å². The Morgan fingerprint density at radius 1 is 1.35 bits per heavy atom. The van der Waals surface area contributed by atoms with Crippen LogP contribution in [0.1, 0.15) is 20.7 Å². The molecule has 17 heavy (non-hydrogen) atoms. The Balaban J connectivity index is 2.61. The quantitative estimate of drug-likeness (QED) is 0.820. The summed E-state index contributed by atoms with van der Waals surface area (Å²) in [6, 6.07) is 3.15. The zero-order valence-electron chi connectivity index (χ0n) is 8.80. The predicted molar refractivity (Wildman–Crippen MR) is 54.7 cm³/mol. The highest BCUT2D eigenvalue weighted by Gasteiger charge is 2.27. The van der Waals surface area contributed by atoms with Crippen LogP contribution in [0.3, 0.4) is 0 Å². The number of methoxy groups -OCH3 is 1. The summed E-state index contributed by atoms with van der Waals surface area (Å²) < 4.78 is 14.6. The Morgan fingerprint density at radius 2 is 2.12 bits per heavy atom. The van der Waals surface area contributed by atoms with Crippen LogP contribution in [0, 0.1) is 0 Å². The molecule has 0 aliphatic rings. The van der Waals surface area contributed by atoms with Crippen molar-refractivity contribution in [1.29, 1.82) is 0 Å². The fourth-order valence-corrected chi connectivity index (χ4v) is 1.41. The molecule has 88 valence electrons. The van der Waals surface area contributed by atoms with E-state index in [1.54, 1.807) is 12.1 Å². The Morgan fingerprint density at radius 3 is 2.65 bits per heavy atom. The van der Waals surface area contributed by atoms with E-state index in [9.17, 15) is 9.59 Å². The van der Waals surface area contributed by atoms with Gasteiger partial charge in [0.1, 0.15) is 17.4 Å². The predicted octanol–water partition coefficient (Wildman–Crippen LogP) is 2.02. The summed E-state index contributed by atoms with van der Waals surface area (Å²) in [4.78, 5) is 22.5. The molecule has 0 aliphatic heterocycles. The molecule has 6 heteroatoms. The molecule has 0 spiro atoms. The van der Waals surface area contributed by atoms with Gasteiger partial charge in [0.25, 0.3) is 0 Å². The molecule has 6 nitrogen and oxygen atoms in total. The molecular formula is C11H8O6. The molecule has 0 atom stereocenters. The number of esters is 1. The van der Waals surface area contributed by atoms with Crippen LogP contribution in [0.5, 0.6) is 0 Å². The second-order valence-electron chi connectivity index (χ2n) is 3.13. The first kappa shape index (κ1) is 11.0. The van der Waals surface area contributed by atoms with Gasteiger partial charge in [-0.15, -0.1) is 0 Å². The zero-order chi connectivity index (χ0) is 12.4. The lowest BCUT2D eigenvalue weighted by atomic mass is 10.1. The molecule has 0 fully saturated rings. The van der Waals surface area contributed by atoms with Crippen LogP contribution in [-0.2, 0) is 4.74 Å². The maximum absolute atomic E-state index is 11.5. The first-order valence-electron chi connectivity index (χ1n) is 4.62. The van der Waals surface area contributed by atoms with E-state index < -0.39 is 11.9 Å². The number of carboxylic acids is 1. The highest BCUT2D eigenvalue weighted by atomic mass is 16.5. The van der Waals surface area contributed by atoms with E-state index in [4.69, 9.17) is 13.9 Å². The van der Waals surface area contributed by atoms with Gasteiger partial charge in [0.2, 0.25) is 0 Å². The number of ether oxygens (including phenoxy) is 1. The molecule has 0 aliphatic carbocycles. The molecule has 0 saturated heterocycles. The van der Waals surface area contributed by atoms with Gasteiger partial charge in [-0.05, 0) is 12.1 Å². The second-order valence-corrected chi connectivity index (χ2v) is 3.13. The summed E-state index contributed by atoms with van der Waals surface area (Å²) in [6.07, 6.45) is 2.37. The number of hydrogen-bond acceptors (Lipinski definition) is 5. The number of hydrogen-bond donors (Lipinski definition) is 1. The van der Waals surface area contributed by atoms with Gasteiger partial charge in [0.05, 0.1) is 13.4 Å². The van der Waals surface area contributed by atoms with Crippen molar-refractivity contribution in [1.82, 2.24) is 0 Å². The third kappa shape index (κ3) is 1.80. The summed E-state index contributed by atoms with van der Waals surface area (Å²) in [5.41, 5.74) is -0.418. The Labute approximate surface area is 95.4 Å². The monoisotopic (exact) mass is 236 g/mol. The van der Waals surface area contributed by atoms with Crippen LogP contribution in [0.25, 0.3) is 11.5 Å². The van der Waals surface area contributed by atoms with Crippen LogP contribution in [0.4, 0.5) is 0 Å². The molecular weight excluding hydrogens is 228 g/mol. The fraction of sp³-hybridized carbons (Fsp3) is 0.0909. The molecule has 0 saturated carbocycles. The number of carboxylic acid groups (broad SMARTS) is 1. The average molecular weight is 236 g/mol. The highest BCUT2D eigenvalue weighted by Crippen LogP contribution is 2.29. The van der Waals surface area contributed by atoms with Gasteiger partial charge < -0.3 is 18.7 Å². The van der Waals surface area contributed by atoms with Crippen molar-refractivity contribution in [3.05, 3.63) is 35.8 Å². The van der Waals surface area contributed by atoms with Crippen molar-refractivity contribution in [2.75, 3.05) is 7.11 Å². The molecule has 0 bridgehead atoms. The van der Waals surface area contributed by atoms with Gasteiger partial charge in [-0.1, -0.05) is 0 Å². The minimum atomic E-state index is -1.27. The van der Waals surface area contributed by atoms with Gasteiger partial charge in [0, 0.05) is 0 Å². The Hall–Kier alpha value is -2.50. The van der Waals surface area contributed by atoms with Gasteiger partial charge in [-0.25, -0.2) is 9.59 Å². The average Bonchev–Trinajstić information content (AvgIpc) is 2.95. The van der Waals surface area contributed by atoms with Crippen molar-refractivity contribution in [3.63, 3.8) is 0 Å². The molecule has 2 rings (SSSR count). The SMILES string of the molecule is COC(=O)c1c(C(=O)O)coc1-c1ccco1. The van der Waals surface area contributed by atoms with Gasteiger partial charge in [-0.2, -0.15) is 0 Å². The van der Waals surface area contributed by atoms with E-state index >= 15 is 0 Å². The van der Waals surface area contributed by atoms with Crippen molar-refractivity contribution < 1.29 is 28.3 Å². The molecule has 0 amide bonds. The maximum atomic E-state index is 11.5. The van der Waals surface area contributed by atoms with Crippen molar-refractivity contribution >= 4 is 11.9 Å². The summed E-state index contributed by atoms with van der Waals surface area (Å²) in [7, 11) is 1.16. The molecule has 0 unspecified atom stereocenters. The van der Waals surface area contributed by atoms with Crippen LogP contribution in [0.2, 0.25) is 0 Å². The molecule has 2 aromatic rings. The second kappa shape index (κ2) is 4.17. The summed E-state index contributed by atoms with van der Waals surface area (Å²) in [5.74, 6) is -1.76. The number of carbonyl (C=O) groups is 2. The van der Waals surface area contributed by atoms with Crippen molar-refractivity contribution in [2.24, 2.45) is 0 Å². The summed E-state index contributed by atoms with van der Waals surface area (Å²) in [5, 5.41) is 8.92. The summed E-state index contributed by atoms with van der Waals surface area (Å²) in [6.45, 7) is 0. The number of aromatic carboxylic acids is 1. The normalized spacial score (nSPS) is 10.2. The smallest absolute Gasteiger partial charge is 0.342 e. The number of carbonyl (C=O) groups excluding carboxylic acids is 1. The van der Waals surface area contributed by atoms with Crippen LogP contribution in [0.15, 0.2) is 33.5 Å². The van der Waals surface area contributed by atoms with Crippen molar-refractivity contribution in [2.45, 2.75) is 0 Å². The Kier molecular flexibility index (Phi) is 2.70. The maximum Gasteiger partial charge on any atom is 0.342 e. The molecule has 2 aromatic heterocycles. The number of rotatable bonds is 3. The van der Waals surface area contributed by atoms with E-state index in [0.29, 0.717) is 0 Å².